The van der Waals surface area contributed by atoms with Crippen molar-refractivity contribution in [2.24, 2.45) is 13.0 Å². The highest BCUT2D eigenvalue weighted by Crippen LogP contribution is 2.34. The van der Waals surface area contributed by atoms with Crippen LogP contribution in [0.2, 0.25) is 10.0 Å². The maximum absolute atomic E-state index is 15.0. The molecule has 4 atom stereocenters. The highest BCUT2D eigenvalue weighted by Gasteiger charge is 2.43. The molecule has 1 aromatic heterocycles. The summed E-state index contributed by atoms with van der Waals surface area (Å²) in [6, 6.07) is 27.6. The maximum Gasteiger partial charge on any atom is 0.245 e. The second kappa shape index (κ2) is 22.3. The number of carbonyl (C=O) groups is 4. The van der Waals surface area contributed by atoms with Gasteiger partial charge in [-0.05, 0) is 105 Å². The fraction of sp³-hybridized carbons (Fsp3) is 0.415. The molecule has 0 aliphatic carbocycles. The number of carbonyl (C=O) groups excluding carboxylic acids is 4. The highest BCUT2D eigenvalue weighted by molar-refractivity contribution is 6.31. The topological polar surface area (TPSA) is 159 Å². The van der Waals surface area contributed by atoms with Gasteiger partial charge in [-0.2, -0.15) is 0 Å². The molecule has 0 unspecified atom stereocenters. The molecule has 8 rings (SSSR count). The van der Waals surface area contributed by atoms with Gasteiger partial charge in [0.2, 0.25) is 23.6 Å². The van der Waals surface area contributed by atoms with Crippen LogP contribution in [0.25, 0.3) is 11.3 Å². The van der Waals surface area contributed by atoms with Gasteiger partial charge in [0.25, 0.3) is 0 Å². The number of nitrogens with one attached hydrogen (secondary N) is 2. The number of amides is 4. The van der Waals surface area contributed by atoms with Crippen molar-refractivity contribution in [1.82, 2.24) is 34.9 Å². The molecule has 3 aliphatic rings. The van der Waals surface area contributed by atoms with Gasteiger partial charge in [-0.1, -0.05) is 71.7 Å². The molecule has 0 saturated carbocycles. The maximum atomic E-state index is 15.0. The van der Waals surface area contributed by atoms with E-state index in [-0.39, 0.29) is 44.5 Å². The number of halogens is 2. The fourth-order valence-corrected chi connectivity index (χ4v) is 10.1. The molecule has 69 heavy (non-hydrogen) atoms. The minimum atomic E-state index is -1.11. The second-order valence-electron chi connectivity index (χ2n) is 18.7. The molecule has 3 saturated heterocycles. The zero-order chi connectivity index (χ0) is 48.7. The van der Waals surface area contributed by atoms with Gasteiger partial charge in [0.15, 0.2) is 0 Å². The van der Waals surface area contributed by atoms with Crippen molar-refractivity contribution in [2.75, 3.05) is 39.9 Å². The lowest BCUT2D eigenvalue weighted by Gasteiger charge is -2.45. The number of aromatic nitrogens is 2. The Morgan fingerprint density at radius 2 is 1.58 bits per heavy atom. The third kappa shape index (κ3) is 12.3. The number of aliphatic hydroxyl groups is 1. The molecule has 3 fully saturated rings. The number of rotatable bonds is 13. The van der Waals surface area contributed by atoms with E-state index >= 15 is 4.79 Å². The van der Waals surface area contributed by atoms with E-state index in [0.29, 0.717) is 59.5 Å². The predicted molar refractivity (Wildman–Crippen MR) is 265 cm³/mol. The zero-order valence-corrected chi connectivity index (χ0v) is 40.9. The average Bonchev–Trinajstić information content (AvgIpc) is 3.70. The summed E-state index contributed by atoms with van der Waals surface area (Å²) in [5, 5.41) is 17.1. The van der Waals surface area contributed by atoms with Crippen LogP contribution >= 0.6 is 23.2 Å². The first-order valence-electron chi connectivity index (χ1n) is 23.7. The third-order valence-corrected chi connectivity index (χ3v) is 14.2. The highest BCUT2D eigenvalue weighted by atomic mass is 35.5. The number of ether oxygens (including phenoxy) is 2. The Labute approximate surface area is 413 Å². The Bertz CT molecular complexity index is 2590. The van der Waals surface area contributed by atoms with E-state index in [9.17, 15) is 19.5 Å². The van der Waals surface area contributed by atoms with Crippen molar-refractivity contribution in [1.29, 1.82) is 0 Å². The Morgan fingerprint density at radius 3 is 2.30 bits per heavy atom. The molecule has 3 N–H and O–H groups in total. The van der Waals surface area contributed by atoms with Crippen LogP contribution in [-0.2, 0) is 56.9 Å². The SMILES string of the molecule is COC[C@@H]1NC(=O)[C@H](C)N(Cc2ccc(Cl)cc2Oc2ccc(-c3cnc(CN4CCC(O)CC4)n3C)cc2)C(=O)C[C@@H](Cc2ccccc2)C(=O)N2CCC[C@@](Cc3ccc(Cl)cc3)(C2)NC1=O. The molecule has 5 aromatic rings. The van der Waals surface area contributed by atoms with Crippen LogP contribution in [0.4, 0.5) is 0 Å². The standard InChI is InChI=1S/C53H61Cl2N7O7/c1-35-50(65)57-45(33-68-3)51(66)58-53(29-37-10-15-41(54)16-11-37)22-7-23-61(34-53)52(67)40(26-36-8-5-4-6-9-36)27-49(64)62(35)31-39-12-17-42(55)28-47(39)69-44-18-13-38(14-19-44)46-30-56-48(59(46)2)32-60-24-20-43(63)21-25-60/h4-6,8-19,28,30,35,40,43,45,63H,7,20-27,29,31-34H2,1-3H3,(H,57,65)(H,58,66)/t35-,40+,45-,53+/m0/s1. The number of fused-ring (bicyclic) bond motifs is 2. The third-order valence-electron chi connectivity index (χ3n) is 13.7. The number of aliphatic hydroxyl groups excluding tert-OH is 1. The number of methoxy groups -OCH3 is 1. The van der Waals surface area contributed by atoms with Gasteiger partial charge >= 0.3 is 0 Å². The zero-order valence-electron chi connectivity index (χ0n) is 39.4. The summed E-state index contributed by atoms with van der Waals surface area (Å²) < 4.78 is 14.1. The second-order valence-corrected chi connectivity index (χ2v) is 19.6. The summed E-state index contributed by atoms with van der Waals surface area (Å²) in [4.78, 5) is 69.1. The van der Waals surface area contributed by atoms with Gasteiger partial charge in [-0.25, -0.2) is 4.98 Å². The van der Waals surface area contributed by atoms with E-state index < -0.39 is 41.3 Å². The van der Waals surface area contributed by atoms with E-state index in [2.05, 4.69) is 20.1 Å². The number of nitrogens with zero attached hydrogens (tertiary/aromatic N) is 5. The van der Waals surface area contributed by atoms with Gasteiger partial charge in [-0.3, -0.25) is 24.1 Å². The summed E-state index contributed by atoms with van der Waals surface area (Å²) in [6.07, 6.45) is 4.84. The Hall–Kier alpha value is -5.77. The molecule has 4 aromatic carbocycles. The molecule has 3 aliphatic heterocycles. The van der Waals surface area contributed by atoms with Crippen LogP contribution in [0, 0.1) is 5.92 Å². The lowest BCUT2D eigenvalue weighted by molar-refractivity contribution is -0.147. The lowest BCUT2D eigenvalue weighted by atomic mass is 9.81. The Kier molecular flexibility index (Phi) is 16.1. The van der Waals surface area contributed by atoms with Gasteiger partial charge in [0, 0.05) is 67.9 Å². The van der Waals surface area contributed by atoms with Crippen LogP contribution in [-0.4, -0.2) is 117 Å². The number of piperidine rings is 2. The molecular formula is C53H61Cl2N7O7. The number of imidazole rings is 1. The number of likely N-dealkylation sites (tertiary alicyclic amines) is 1. The van der Waals surface area contributed by atoms with E-state index in [0.717, 1.165) is 54.1 Å². The first-order chi connectivity index (χ1) is 33.3. The molecule has 0 spiro atoms. The predicted octanol–water partition coefficient (Wildman–Crippen LogP) is 6.97. The van der Waals surface area contributed by atoms with Crippen molar-refractivity contribution in [3.63, 3.8) is 0 Å². The first kappa shape index (κ1) is 49.6. The summed E-state index contributed by atoms with van der Waals surface area (Å²) in [5.74, 6) is -0.596. The summed E-state index contributed by atoms with van der Waals surface area (Å²) in [5.41, 5.74) is 3.39. The van der Waals surface area contributed by atoms with Gasteiger partial charge in [-0.15, -0.1) is 0 Å². The molecule has 2 bridgehead atoms. The van der Waals surface area contributed by atoms with Crippen LogP contribution in [0.5, 0.6) is 11.5 Å². The summed E-state index contributed by atoms with van der Waals surface area (Å²) in [7, 11) is 3.45. The minimum Gasteiger partial charge on any atom is -0.457 e. The monoisotopic (exact) mass is 977 g/mol. The van der Waals surface area contributed by atoms with E-state index in [4.69, 9.17) is 37.7 Å². The molecule has 4 amide bonds. The van der Waals surface area contributed by atoms with Crippen molar-refractivity contribution in [2.45, 2.75) is 88.7 Å². The van der Waals surface area contributed by atoms with Crippen LogP contribution in [0.3, 0.4) is 0 Å². The van der Waals surface area contributed by atoms with Gasteiger partial charge < -0.3 is 39.6 Å². The van der Waals surface area contributed by atoms with E-state index in [1.807, 2.05) is 80.0 Å². The molecule has 16 heteroatoms. The molecule has 364 valence electrons. The van der Waals surface area contributed by atoms with Crippen molar-refractivity contribution in [3.05, 3.63) is 136 Å². The number of hydrogen-bond acceptors (Lipinski definition) is 9. The average molecular weight is 979 g/mol. The van der Waals surface area contributed by atoms with E-state index in [1.54, 1.807) is 42.2 Å². The minimum absolute atomic E-state index is 0.0763. The van der Waals surface area contributed by atoms with Crippen molar-refractivity contribution in [3.8, 4) is 22.8 Å². The lowest BCUT2D eigenvalue weighted by Crippen LogP contribution is -2.65. The first-order valence-corrected chi connectivity index (χ1v) is 24.5. The van der Waals surface area contributed by atoms with Crippen LogP contribution in [0.15, 0.2) is 103 Å². The molecule has 0 radical (unpaired) electrons. The molecular weight excluding hydrogens is 918 g/mol. The molecule has 14 nitrogen and oxygen atoms in total. The van der Waals surface area contributed by atoms with Gasteiger partial charge in [0.1, 0.15) is 29.4 Å². The summed E-state index contributed by atoms with van der Waals surface area (Å²) in [6.45, 7) is 4.42. The fourth-order valence-electron chi connectivity index (χ4n) is 9.81. The van der Waals surface area contributed by atoms with E-state index in [1.165, 1.54) is 12.0 Å². The van der Waals surface area contributed by atoms with Crippen LogP contribution < -0.4 is 15.4 Å². The summed E-state index contributed by atoms with van der Waals surface area (Å²) >= 11 is 12.8. The normalized spacial score (nSPS) is 22.3. The van der Waals surface area contributed by atoms with Crippen LogP contribution in [0.1, 0.15) is 61.5 Å². The molecule has 4 heterocycles. The smallest absolute Gasteiger partial charge is 0.245 e. The van der Waals surface area contributed by atoms with Gasteiger partial charge in [0.05, 0.1) is 49.1 Å². The Morgan fingerprint density at radius 1 is 0.855 bits per heavy atom. The van der Waals surface area contributed by atoms with Crippen molar-refractivity contribution < 1.29 is 33.8 Å². The number of benzene rings is 4. The quantitative estimate of drug-likeness (QED) is 0.113. The Balaban J connectivity index is 1.08. The van der Waals surface area contributed by atoms with Crippen molar-refractivity contribution >= 4 is 46.8 Å². The number of hydrogen-bond donors (Lipinski definition) is 3. The largest absolute Gasteiger partial charge is 0.457 e.